The summed E-state index contributed by atoms with van der Waals surface area (Å²) in [4.78, 5) is 5.52. The second-order valence-corrected chi connectivity index (χ2v) is 6.30. The molecule has 5 nitrogen and oxygen atoms in total. The molecule has 0 radical (unpaired) electrons. The molecule has 3 aromatic rings. The topological polar surface area (TPSA) is 62.0 Å². The summed E-state index contributed by atoms with van der Waals surface area (Å²) in [7, 11) is 0. The number of thiazole rings is 1. The fraction of sp³-hybridized carbons (Fsp3) is 0.111. The fourth-order valence-electron chi connectivity index (χ4n) is 1.95. The van der Waals surface area contributed by atoms with Crippen LogP contribution in [0.2, 0.25) is 0 Å². The smallest absolute Gasteiger partial charge is 0.230 e. The van der Waals surface area contributed by atoms with Crippen LogP contribution in [-0.4, -0.2) is 10.8 Å². The summed E-state index contributed by atoms with van der Waals surface area (Å²) < 4.78 is 0. The molecule has 0 amide bonds. The standard InChI is InChI=1S/C18H17N5S/c1-13-14(2)24-18(19-13)23-22-17(15-9-5-3-6-10-15)21-20-16-11-7-4-8-12-16/h3-12,20H,1-2H3/b21-17-,23-22?. The minimum Gasteiger partial charge on any atom is -0.276 e. The summed E-state index contributed by atoms with van der Waals surface area (Å²) in [6.07, 6.45) is 0. The van der Waals surface area contributed by atoms with Crippen LogP contribution in [0.3, 0.4) is 0 Å². The first-order valence-electron chi connectivity index (χ1n) is 7.52. The maximum absolute atomic E-state index is 4.39. The highest BCUT2D eigenvalue weighted by Gasteiger charge is 2.05. The molecule has 0 aliphatic carbocycles. The van der Waals surface area contributed by atoms with Crippen LogP contribution in [0.4, 0.5) is 10.8 Å². The van der Waals surface area contributed by atoms with Crippen molar-refractivity contribution in [2.75, 3.05) is 5.43 Å². The van der Waals surface area contributed by atoms with Crippen LogP contribution in [0, 0.1) is 13.8 Å². The van der Waals surface area contributed by atoms with E-state index < -0.39 is 0 Å². The van der Waals surface area contributed by atoms with E-state index in [-0.39, 0.29) is 0 Å². The Balaban J connectivity index is 1.87. The van der Waals surface area contributed by atoms with E-state index in [0.29, 0.717) is 11.0 Å². The van der Waals surface area contributed by atoms with E-state index in [0.717, 1.165) is 21.8 Å². The summed E-state index contributed by atoms with van der Waals surface area (Å²) >= 11 is 1.52. The number of rotatable bonds is 4. The van der Waals surface area contributed by atoms with Crippen molar-refractivity contribution in [1.82, 2.24) is 4.98 Å². The lowest BCUT2D eigenvalue weighted by molar-refractivity contribution is 1.16. The van der Waals surface area contributed by atoms with Crippen molar-refractivity contribution < 1.29 is 0 Å². The first kappa shape index (κ1) is 16.0. The molecular weight excluding hydrogens is 318 g/mol. The predicted molar refractivity (Wildman–Crippen MR) is 99.1 cm³/mol. The lowest BCUT2D eigenvalue weighted by atomic mass is 10.2. The van der Waals surface area contributed by atoms with Crippen LogP contribution >= 0.6 is 11.3 Å². The normalized spacial score (nSPS) is 11.8. The van der Waals surface area contributed by atoms with Gasteiger partial charge in [-0.05, 0) is 26.0 Å². The van der Waals surface area contributed by atoms with Crippen LogP contribution in [0.5, 0.6) is 0 Å². The Kier molecular flexibility index (Phi) is 5.08. The van der Waals surface area contributed by atoms with Crippen molar-refractivity contribution in [1.29, 1.82) is 0 Å². The number of hydrogen-bond acceptors (Lipinski definition) is 5. The molecule has 3 rings (SSSR count). The number of aryl methyl sites for hydroxylation is 2. The summed E-state index contributed by atoms with van der Waals surface area (Å²) in [5, 5.41) is 13.6. The van der Waals surface area contributed by atoms with E-state index in [4.69, 9.17) is 0 Å². The van der Waals surface area contributed by atoms with E-state index in [2.05, 4.69) is 25.7 Å². The Morgan fingerprint density at radius 2 is 1.62 bits per heavy atom. The lowest BCUT2D eigenvalue weighted by Crippen LogP contribution is -2.00. The molecule has 0 saturated heterocycles. The molecule has 24 heavy (non-hydrogen) atoms. The van der Waals surface area contributed by atoms with Gasteiger partial charge in [-0.2, -0.15) is 5.10 Å². The van der Waals surface area contributed by atoms with E-state index >= 15 is 0 Å². The van der Waals surface area contributed by atoms with Crippen LogP contribution < -0.4 is 5.43 Å². The molecule has 120 valence electrons. The van der Waals surface area contributed by atoms with Gasteiger partial charge in [-0.1, -0.05) is 59.9 Å². The molecule has 0 fully saturated rings. The molecular formula is C18H17N5S. The van der Waals surface area contributed by atoms with Crippen LogP contribution in [0.1, 0.15) is 16.1 Å². The largest absolute Gasteiger partial charge is 0.276 e. The third kappa shape index (κ3) is 4.11. The van der Waals surface area contributed by atoms with Gasteiger partial charge in [-0.25, -0.2) is 4.98 Å². The molecule has 2 aromatic carbocycles. The van der Waals surface area contributed by atoms with Gasteiger partial charge >= 0.3 is 0 Å². The zero-order chi connectivity index (χ0) is 16.8. The minimum atomic E-state index is 0.505. The molecule has 0 unspecified atom stereocenters. The van der Waals surface area contributed by atoms with Gasteiger partial charge in [-0.3, -0.25) is 5.43 Å². The molecule has 1 heterocycles. The third-order valence-electron chi connectivity index (χ3n) is 3.34. The van der Waals surface area contributed by atoms with Crippen LogP contribution in [0.15, 0.2) is 76.0 Å². The van der Waals surface area contributed by atoms with E-state index in [1.54, 1.807) is 0 Å². The zero-order valence-electron chi connectivity index (χ0n) is 13.5. The highest BCUT2D eigenvalue weighted by atomic mass is 32.1. The average molecular weight is 335 g/mol. The van der Waals surface area contributed by atoms with Gasteiger partial charge in [-0.15, -0.1) is 10.2 Å². The lowest BCUT2D eigenvalue weighted by Gasteiger charge is -2.02. The number of anilines is 1. The quantitative estimate of drug-likeness (QED) is 0.304. The number of amidine groups is 1. The Bertz CT molecular complexity index is 834. The molecule has 1 aromatic heterocycles. The fourth-order valence-corrected chi connectivity index (χ4v) is 2.68. The number of hydrogen-bond donors (Lipinski definition) is 1. The number of azo groups is 1. The molecule has 0 saturated carbocycles. The number of aromatic nitrogens is 1. The Labute approximate surface area is 144 Å². The zero-order valence-corrected chi connectivity index (χ0v) is 14.3. The second kappa shape index (κ2) is 7.61. The van der Waals surface area contributed by atoms with Crippen molar-refractivity contribution in [3.05, 3.63) is 76.8 Å². The van der Waals surface area contributed by atoms with Gasteiger partial charge < -0.3 is 0 Å². The summed E-state index contributed by atoms with van der Waals surface area (Å²) in [6.45, 7) is 3.99. The van der Waals surface area contributed by atoms with Crippen molar-refractivity contribution in [3.8, 4) is 0 Å². The highest BCUT2D eigenvalue weighted by molar-refractivity contribution is 7.15. The first-order valence-corrected chi connectivity index (χ1v) is 8.34. The van der Waals surface area contributed by atoms with Crippen molar-refractivity contribution in [2.24, 2.45) is 15.3 Å². The van der Waals surface area contributed by atoms with Gasteiger partial charge in [0, 0.05) is 10.4 Å². The number of para-hydroxylation sites is 1. The highest BCUT2D eigenvalue weighted by Crippen LogP contribution is 2.24. The summed E-state index contributed by atoms with van der Waals surface area (Å²) in [5.74, 6) is 0.505. The van der Waals surface area contributed by atoms with E-state index in [9.17, 15) is 0 Å². The SMILES string of the molecule is Cc1nc(N=N/C(=N\Nc2ccccc2)c2ccccc2)sc1C. The Morgan fingerprint density at radius 1 is 0.958 bits per heavy atom. The maximum Gasteiger partial charge on any atom is 0.230 e. The number of benzene rings is 2. The van der Waals surface area contributed by atoms with Gasteiger partial charge in [0.2, 0.25) is 11.0 Å². The van der Waals surface area contributed by atoms with Gasteiger partial charge in [0.1, 0.15) is 0 Å². The van der Waals surface area contributed by atoms with Gasteiger partial charge in [0.25, 0.3) is 0 Å². The van der Waals surface area contributed by atoms with E-state index in [1.165, 1.54) is 11.3 Å². The van der Waals surface area contributed by atoms with Crippen molar-refractivity contribution >= 4 is 28.0 Å². The number of nitrogens with zero attached hydrogens (tertiary/aromatic N) is 4. The average Bonchev–Trinajstić information content (AvgIpc) is 2.94. The number of hydrazone groups is 1. The van der Waals surface area contributed by atoms with Gasteiger partial charge in [0.15, 0.2) is 0 Å². The predicted octanol–water partition coefficient (Wildman–Crippen LogP) is 5.32. The second-order valence-electron chi connectivity index (χ2n) is 5.12. The molecule has 0 atom stereocenters. The monoisotopic (exact) mass is 335 g/mol. The minimum absolute atomic E-state index is 0.505. The molecule has 0 aliphatic rings. The van der Waals surface area contributed by atoms with Crippen LogP contribution in [-0.2, 0) is 0 Å². The Hall–Kier alpha value is -2.86. The molecule has 0 spiro atoms. The molecule has 0 bridgehead atoms. The van der Waals surface area contributed by atoms with Crippen molar-refractivity contribution in [3.63, 3.8) is 0 Å². The molecule has 0 aliphatic heterocycles. The maximum atomic E-state index is 4.39. The summed E-state index contributed by atoms with van der Waals surface area (Å²) in [5.41, 5.74) is 5.77. The van der Waals surface area contributed by atoms with Gasteiger partial charge in [0.05, 0.1) is 11.4 Å². The molecule has 1 N–H and O–H groups in total. The van der Waals surface area contributed by atoms with Crippen LogP contribution in [0.25, 0.3) is 0 Å². The summed E-state index contributed by atoms with van der Waals surface area (Å²) in [6, 6.07) is 19.5. The van der Waals surface area contributed by atoms with Crippen molar-refractivity contribution in [2.45, 2.75) is 13.8 Å². The third-order valence-corrected chi connectivity index (χ3v) is 4.30. The number of nitrogens with one attached hydrogen (secondary N) is 1. The first-order chi connectivity index (χ1) is 11.7. The molecule has 6 heteroatoms. The van der Waals surface area contributed by atoms with E-state index in [1.807, 2.05) is 74.5 Å². The Morgan fingerprint density at radius 3 is 2.25 bits per heavy atom.